The van der Waals surface area contributed by atoms with Crippen molar-refractivity contribution in [2.45, 2.75) is 32.6 Å². The number of rotatable bonds is 1. The molecule has 1 aliphatic rings. The van der Waals surface area contributed by atoms with Crippen LogP contribution < -0.4 is 0 Å². The Morgan fingerprint density at radius 3 is 2.81 bits per heavy atom. The zero-order chi connectivity index (χ0) is 18.6. The Hall–Kier alpha value is -2.84. The molecule has 0 saturated carbocycles. The molecule has 0 radical (unpaired) electrons. The molecule has 6 nitrogen and oxygen atoms in total. The summed E-state index contributed by atoms with van der Waals surface area (Å²) in [6, 6.07) is 5.06. The van der Waals surface area contributed by atoms with Crippen LogP contribution in [0.4, 0.5) is 13.2 Å². The number of hydrogen-bond donors (Lipinski definition) is 1. The van der Waals surface area contributed by atoms with E-state index in [-0.39, 0.29) is 24.8 Å². The molecule has 0 aliphatic carbocycles. The lowest BCUT2D eigenvalue weighted by molar-refractivity contribution is -0.148. The molecule has 2 aromatic heterocycles. The molecule has 0 unspecified atom stereocenters. The number of benzene rings is 1. The lowest BCUT2D eigenvalue weighted by Gasteiger charge is -2.33. The molecule has 26 heavy (non-hydrogen) atoms. The van der Waals surface area contributed by atoms with E-state index in [2.05, 4.69) is 15.0 Å². The highest BCUT2D eigenvalue weighted by molar-refractivity contribution is 5.94. The van der Waals surface area contributed by atoms with E-state index < -0.39 is 18.0 Å². The van der Waals surface area contributed by atoms with Crippen molar-refractivity contribution in [1.82, 2.24) is 24.4 Å². The van der Waals surface area contributed by atoms with Gasteiger partial charge in [0.1, 0.15) is 0 Å². The van der Waals surface area contributed by atoms with Crippen molar-refractivity contribution < 1.29 is 18.0 Å². The number of nitrogens with zero attached hydrogens (tertiary/aromatic N) is 4. The number of aryl methyl sites for hydroxylation is 1. The van der Waals surface area contributed by atoms with Gasteiger partial charge in [-0.05, 0) is 25.5 Å². The largest absolute Gasteiger partial charge is 0.449 e. The Balaban J connectivity index is 1.66. The normalized spacial score (nSPS) is 17.6. The number of nitrogens with one attached hydrogen (secondary N) is 1. The first-order chi connectivity index (χ1) is 12.3. The SMILES string of the molecule is Cc1cccc2[nH]c(C(=O)N3Cc4cnc(C(F)(F)F)n4[C@@H](C)C3)nc12. The smallest absolute Gasteiger partial charge is 0.334 e. The van der Waals surface area contributed by atoms with E-state index in [4.69, 9.17) is 0 Å². The van der Waals surface area contributed by atoms with Crippen LogP contribution in [-0.4, -0.2) is 36.9 Å². The van der Waals surface area contributed by atoms with Gasteiger partial charge in [0.05, 0.1) is 35.5 Å². The van der Waals surface area contributed by atoms with E-state index in [0.717, 1.165) is 15.6 Å². The fourth-order valence-electron chi connectivity index (χ4n) is 3.46. The summed E-state index contributed by atoms with van der Waals surface area (Å²) < 4.78 is 40.4. The van der Waals surface area contributed by atoms with Crippen LogP contribution in [0.15, 0.2) is 24.4 Å². The van der Waals surface area contributed by atoms with E-state index in [1.54, 1.807) is 6.92 Å². The van der Waals surface area contributed by atoms with Crippen molar-refractivity contribution in [2.24, 2.45) is 0 Å². The molecule has 1 aliphatic heterocycles. The number of amides is 1. The summed E-state index contributed by atoms with van der Waals surface area (Å²) in [5.74, 6) is -1.08. The van der Waals surface area contributed by atoms with Crippen LogP contribution in [0, 0.1) is 6.92 Å². The number of carbonyl (C=O) groups is 1. The number of fused-ring (bicyclic) bond motifs is 2. The van der Waals surface area contributed by atoms with Gasteiger partial charge in [-0.2, -0.15) is 13.2 Å². The van der Waals surface area contributed by atoms with Crippen molar-refractivity contribution in [3.05, 3.63) is 47.3 Å². The Morgan fingerprint density at radius 1 is 1.35 bits per heavy atom. The number of para-hydroxylation sites is 1. The predicted molar refractivity (Wildman–Crippen MR) is 87.5 cm³/mol. The highest BCUT2D eigenvalue weighted by Gasteiger charge is 2.40. The summed E-state index contributed by atoms with van der Waals surface area (Å²) in [6.45, 7) is 3.75. The Kier molecular flexibility index (Phi) is 3.57. The lowest BCUT2D eigenvalue weighted by atomic mass is 10.2. The molecule has 0 spiro atoms. The van der Waals surface area contributed by atoms with Crippen LogP contribution in [0.25, 0.3) is 11.0 Å². The highest BCUT2D eigenvalue weighted by atomic mass is 19.4. The minimum absolute atomic E-state index is 0.0578. The van der Waals surface area contributed by atoms with E-state index >= 15 is 0 Å². The summed E-state index contributed by atoms with van der Waals surface area (Å²) in [4.78, 5) is 25.2. The molecular formula is C17H16F3N5O. The fourth-order valence-corrected chi connectivity index (χ4v) is 3.46. The summed E-state index contributed by atoms with van der Waals surface area (Å²) in [5, 5.41) is 0. The summed E-state index contributed by atoms with van der Waals surface area (Å²) >= 11 is 0. The summed E-state index contributed by atoms with van der Waals surface area (Å²) in [6.07, 6.45) is -3.34. The third-order valence-corrected chi connectivity index (χ3v) is 4.61. The minimum atomic E-state index is -4.52. The van der Waals surface area contributed by atoms with Crippen molar-refractivity contribution in [1.29, 1.82) is 0 Å². The van der Waals surface area contributed by atoms with Crippen LogP contribution in [0.5, 0.6) is 0 Å². The third kappa shape index (κ3) is 2.54. The Bertz CT molecular complexity index is 1000. The number of carbonyl (C=O) groups excluding carboxylic acids is 1. The second-order valence-electron chi connectivity index (χ2n) is 6.53. The van der Waals surface area contributed by atoms with Crippen molar-refractivity contribution in [3.63, 3.8) is 0 Å². The number of alkyl halides is 3. The monoisotopic (exact) mass is 363 g/mol. The van der Waals surface area contributed by atoms with Gasteiger partial charge in [0, 0.05) is 6.54 Å². The molecule has 136 valence electrons. The molecule has 0 bridgehead atoms. The van der Waals surface area contributed by atoms with E-state index in [9.17, 15) is 18.0 Å². The summed E-state index contributed by atoms with van der Waals surface area (Å²) in [5.41, 5.74) is 2.77. The van der Waals surface area contributed by atoms with Crippen molar-refractivity contribution >= 4 is 16.9 Å². The summed E-state index contributed by atoms with van der Waals surface area (Å²) in [7, 11) is 0. The van der Waals surface area contributed by atoms with Gasteiger partial charge in [-0.1, -0.05) is 12.1 Å². The number of halogens is 3. The molecule has 4 rings (SSSR count). The van der Waals surface area contributed by atoms with Gasteiger partial charge in [-0.25, -0.2) is 9.97 Å². The predicted octanol–water partition coefficient (Wildman–Crippen LogP) is 3.30. The second-order valence-corrected chi connectivity index (χ2v) is 6.53. The van der Waals surface area contributed by atoms with Crippen LogP contribution in [-0.2, 0) is 12.7 Å². The van der Waals surface area contributed by atoms with Gasteiger partial charge in [0.2, 0.25) is 5.82 Å². The maximum atomic E-state index is 13.1. The van der Waals surface area contributed by atoms with E-state index in [1.165, 1.54) is 11.1 Å². The molecule has 1 amide bonds. The van der Waals surface area contributed by atoms with Crippen molar-refractivity contribution in [3.8, 4) is 0 Å². The number of hydrogen-bond acceptors (Lipinski definition) is 3. The van der Waals surface area contributed by atoms with E-state index in [0.29, 0.717) is 11.2 Å². The maximum Gasteiger partial charge on any atom is 0.449 e. The first-order valence-corrected chi connectivity index (χ1v) is 8.13. The fraction of sp³-hybridized carbons (Fsp3) is 0.353. The quantitative estimate of drug-likeness (QED) is 0.721. The second kappa shape index (κ2) is 5.58. The average Bonchev–Trinajstić information content (AvgIpc) is 3.18. The Morgan fingerprint density at radius 2 is 2.12 bits per heavy atom. The third-order valence-electron chi connectivity index (χ3n) is 4.61. The lowest BCUT2D eigenvalue weighted by Crippen LogP contribution is -2.41. The number of imidazole rings is 2. The molecule has 9 heteroatoms. The van der Waals surface area contributed by atoms with Gasteiger partial charge >= 0.3 is 6.18 Å². The molecule has 0 fully saturated rings. The van der Waals surface area contributed by atoms with Gasteiger partial charge < -0.3 is 14.5 Å². The first kappa shape index (κ1) is 16.6. The highest BCUT2D eigenvalue weighted by Crippen LogP contribution is 2.33. The molecule has 0 saturated heterocycles. The van der Waals surface area contributed by atoms with E-state index in [1.807, 2.05) is 25.1 Å². The molecule has 1 atom stereocenters. The number of aromatic nitrogens is 4. The van der Waals surface area contributed by atoms with Crippen LogP contribution in [0.1, 0.15) is 40.7 Å². The maximum absolute atomic E-state index is 13.1. The molecule has 1 N–H and O–H groups in total. The van der Waals surface area contributed by atoms with Crippen LogP contribution >= 0.6 is 0 Å². The van der Waals surface area contributed by atoms with Gasteiger partial charge in [0.25, 0.3) is 5.91 Å². The standard InChI is InChI=1S/C17H16F3N5O/c1-9-4-3-5-12-13(9)23-14(22-12)15(26)24-7-10(2)25-11(8-24)6-21-16(25)17(18,19)20/h3-6,10H,7-8H2,1-2H3,(H,22,23)/t10-/m0/s1. The zero-order valence-corrected chi connectivity index (χ0v) is 14.1. The number of aromatic amines is 1. The average molecular weight is 363 g/mol. The zero-order valence-electron chi connectivity index (χ0n) is 14.1. The molecule has 3 aromatic rings. The topological polar surface area (TPSA) is 66.8 Å². The first-order valence-electron chi connectivity index (χ1n) is 8.13. The van der Waals surface area contributed by atoms with Crippen LogP contribution in [0.3, 0.4) is 0 Å². The van der Waals surface area contributed by atoms with Gasteiger partial charge in [-0.15, -0.1) is 0 Å². The van der Waals surface area contributed by atoms with Crippen molar-refractivity contribution in [2.75, 3.05) is 6.54 Å². The van der Waals surface area contributed by atoms with Gasteiger partial charge in [-0.3, -0.25) is 4.79 Å². The number of H-pyrrole nitrogens is 1. The van der Waals surface area contributed by atoms with Crippen LogP contribution in [0.2, 0.25) is 0 Å². The molecular weight excluding hydrogens is 347 g/mol. The Labute approximate surface area is 146 Å². The molecule has 3 heterocycles. The minimum Gasteiger partial charge on any atom is -0.334 e. The molecule has 1 aromatic carbocycles. The van der Waals surface area contributed by atoms with Gasteiger partial charge in [0.15, 0.2) is 5.82 Å².